The molecule has 0 unspecified atom stereocenters. The van der Waals surface area contributed by atoms with Gasteiger partial charge in [0.25, 0.3) is 0 Å². The Morgan fingerprint density at radius 3 is 1.95 bits per heavy atom. The zero-order valence-electron chi connectivity index (χ0n) is 23.6. The van der Waals surface area contributed by atoms with Crippen LogP contribution in [0.25, 0.3) is 0 Å². The number of carbonyl (C=O) groups excluding carboxylic acids is 7. The summed E-state index contributed by atoms with van der Waals surface area (Å²) in [5, 5.41) is 7.29. The molecule has 0 aromatic carbocycles. The van der Waals surface area contributed by atoms with E-state index < -0.39 is 96.9 Å². The molecule has 15 heteroatoms. The maximum Gasteiger partial charge on any atom is 0.329 e. The van der Waals surface area contributed by atoms with E-state index in [1.165, 1.54) is 0 Å². The highest BCUT2D eigenvalue weighted by atomic mass is 16.6. The molecular weight excluding hydrogens is 534 g/mol. The Balaban J connectivity index is 3.37. The van der Waals surface area contributed by atoms with Crippen molar-refractivity contribution in [2.75, 3.05) is 6.61 Å². The summed E-state index contributed by atoms with van der Waals surface area (Å²) in [6, 6.07) is -2.73. The number of nitrogens with one attached hydrogen (secondary N) is 3. The molecule has 0 spiro atoms. The summed E-state index contributed by atoms with van der Waals surface area (Å²) in [6.45, 7) is 12.1. The molecular formula is C25H37N3O12. The number of hydrogen-bond acceptors (Lipinski definition) is 12. The van der Waals surface area contributed by atoms with Crippen molar-refractivity contribution >= 4 is 41.6 Å². The summed E-state index contributed by atoms with van der Waals surface area (Å²) in [4.78, 5) is 85.0. The van der Waals surface area contributed by atoms with Gasteiger partial charge in [0.15, 0.2) is 18.4 Å². The molecule has 0 bridgehead atoms. The van der Waals surface area contributed by atoms with Gasteiger partial charge in [-0.2, -0.15) is 0 Å². The number of ether oxygens (including phenoxy) is 5. The van der Waals surface area contributed by atoms with Crippen LogP contribution in [0.3, 0.4) is 0 Å². The van der Waals surface area contributed by atoms with Gasteiger partial charge in [0.05, 0.1) is 6.42 Å². The van der Waals surface area contributed by atoms with E-state index in [2.05, 4.69) is 22.5 Å². The van der Waals surface area contributed by atoms with Gasteiger partial charge in [-0.1, -0.05) is 6.58 Å². The highest BCUT2D eigenvalue weighted by molar-refractivity contribution is 5.93. The van der Waals surface area contributed by atoms with E-state index in [0.29, 0.717) is 0 Å². The van der Waals surface area contributed by atoms with E-state index in [4.69, 9.17) is 23.7 Å². The average molecular weight is 572 g/mol. The minimum absolute atomic E-state index is 0.472. The van der Waals surface area contributed by atoms with Crippen molar-refractivity contribution in [1.29, 1.82) is 0 Å². The second-order valence-corrected chi connectivity index (χ2v) is 9.84. The summed E-state index contributed by atoms with van der Waals surface area (Å²) in [6.07, 6.45) is -5.16. The lowest BCUT2D eigenvalue weighted by molar-refractivity contribution is -0.228. The van der Waals surface area contributed by atoms with Crippen LogP contribution in [0.4, 0.5) is 0 Å². The van der Waals surface area contributed by atoms with Crippen molar-refractivity contribution in [2.24, 2.45) is 0 Å². The molecule has 0 aromatic heterocycles. The molecule has 15 nitrogen and oxygen atoms in total. The molecule has 0 aliphatic carbocycles. The van der Waals surface area contributed by atoms with Crippen LogP contribution < -0.4 is 16.0 Å². The Morgan fingerprint density at radius 1 is 0.900 bits per heavy atom. The third kappa shape index (κ3) is 11.8. The van der Waals surface area contributed by atoms with E-state index in [0.717, 1.165) is 33.8 Å². The lowest BCUT2D eigenvalue weighted by Crippen LogP contribution is -2.69. The fourth-order valence-corrected chi connectivity index (χ4v) is 3.65. The van der Waals surface area contributed by atoms with Crippen molar-refractivity contribution in [1.82, 2.24) is 16.0 Å². The van der Waals surface area contributed by atoms with Crippen LogP contribution in [0.1, 0.15) is 54.9 Å². The first kappa shape index (κ1) is 34.0. The standard InChI is InChI=1S/C25H37N3O12/c1-9-18(33)27-16(24(35)40-25(6,7)8)10-19(34)28-23-20(26-12(2)29)22(38-15(5)32)21(37-14(4)31)17(39-23)11-36-13(3)30/h9,16-17,20-23H,1,10-11H2,2-8H3,(H,26,29)(H,27,33)(H,28,34)/t16-,17+,20+,21+,22+,23+/m0/s1. The Kier molecular flexibility index (Phi) is 12.7. The van der Waals surface area contributed by atoms with Crippen molar-refractivity contribution in [2.45, 2.75) is 97.1 Å². The van der Waals surface area contributed by atoms with Crippen LogP contribution in [0, 0.1) is 0 Å². The molecule has 6 atom stereocenters. The lowest BCUT2D eigenvalue weighted by atomic mass is 9.94. The molecule has 1 aliphatic heterocycles. The fraction of sp³-hybridized carbons (Fsp3) is 0.640. The molecule has 1 heterocycles. The summed E-state index contributed by atoms with van der Waals surface area (Å²) >= 11 is 0. The predicted octanol–water partition coefficient (Wildman–Crippen LogP) is -0.839. The third-order valence-electron chi connectivity index (χ3n) is 5.00. The Morgan fingerprint density at radius 2 is 1.48 bits per heavy atom. The van der Waals surface area contributed by atoms with Crippen molar-refractivity contribution in [3.63, 3.8) is 0 Å². The van der Waals surface area contributed by atoms with Crippen molar-refractivity contribution in [3.05, 3.63) is 12.7 Å². The average Bonchev–Trinajstić information content (AvgIpc) is 2.79. The van der Waals surface area contributed by atoms with Crippen LogP contribution in [0.5, 0.6) is 0 Å². The number of carbonyl (C=O) groups is 7. The molecule has 1 rings (SSSR count). The molecule has 0 radical (unpaired) electrons. The van der Waals surface area contributed by atoms with Crippen molar-refractivity contribution < 1.29 is 57.2 Å². The molecule has 0 aromatic rings. The summed E-state index contributed by atoms with van der Waals surface area (Å²) in [5.74, 6) is -5.41. The first-order chi connectivity index (χ1) is 18.4. The number of esters is 4. The number of hydrogen-bond donors (Lipinski definition) is 3. The summed E-state index contributed by atoms with van der Waals surface area (Å²) < 4.78 is 26.8. The first-order valence-electron chi connectivity index (χ1n) is 12.3. The Labute approximate surface area is 231 Å². The molecule has 0 saturated carbocycles. The van der Waals surface area contributed by atoms with E-state index in [-0.39, 0.29) is 0 Å². The van der Waals surface area contributed by atoms with Crippen LogP contribution in [-0.2, 0) is 57.2 Å². The summed E-state index contributed by atoms with van der Waals surface area (Å²) in [5.41, 5.74) is -0.930. The van der Waals surface area contributed by atoms with Gasteiger partial charge in [0, 0.05) is 27.7 Å². The number of amides is 3. The molecule has 1 fully saturated rings. The largest absolute Gasteiger partial charge is 0.463 e. The van der Waals surface area contributed by atoms with E-state index in [1.807, 2.05) is 0 Å². The van der Waals surface area contributed by atoms with Gasteiger partial charge in [0.2, 0.25) is 17.7 Å². The topological polar surface area (TPSA) is 202 Å². The predicted molar refractivity (Wildman–Crippen MR) is 135 cm³/mol. The van der Waals surface area contributed by atoms with Gasteiger partial charge in [0.1, 0.15) is 30.4 Å². The second-order valence-electron chi connectivity index (χ2n) is 9.84. The summed E-state index contributed by atoms with van der Waals surface area (Å²) in [7, 11) is 0. The van der Waals surface area contributed by atoms with Crippen LogP contribution >= 0.6 is 0 Å². The zero-order chi connectivity index (χ0) is 30.8. The molecule has 224 valence electrons. The quantitative estimate of drug-likeness (QED) is 0.158. The fourth-order valence-electron chi connectivity index (χ4n) is 3.65. The van der Waals surface area contributed by atoms with Crippen molar-refractivity contribution in [3.8, 4) is 0 Å². The van der Waals surface area contributed by atoms with Gasteiger partial charge in [-0.05, 0) is 26.8 Å². The third-order valence-corrected chi connectivity index (χ3v) is 5.00. The maximum absolute atomic E-state index is 13.1. The normalized spacial score (nSPS) is 22.9. The van der Waals surface area contributed by atoms with Gasteiger partial charge in [-0.25, -0.2) is 4.79 Å². The van der Waals surface area contributed by atoms with Gasteiger partial charge < -0.3 is 39.6 Å². The van der Waals surface area contributed by atoms with Crippen LogP contribution in [0.2, 0.25) is 0 Å². The van der Waals surface area contributed by atoms with E-state index in [9.17, 15) is 33.6 Å². The number of rotatable bonds is 11. The van der Waals surface area contributed by atoms with Gasteiger partial charge in [-0.15, -0.1) is 0 Å². The molecule has 3 N–H and O–H groups in total. The van der Waals surface area contributed by atoms with Gasteiger partial charge >= 0.3 is 23.9 Å². The lowest BCUT2D eigenvalue weighted by Gasteiger charge is -2.45. The Hall–Kier alpha value is -4.01. The Bertz CT molecular complexity index is 1010. The van der Waals surface area contributed by atoms with E-state index in [1.54, 1.807) is 20.8 Å². The molecule has 1 aliphatic rings. The van der Waals surface area contributed by atoms with Gasteiger partial charge in [-0.3, -0.25) is 28.8 Å². The molecule has 3 amide bonds. The molecule has 40 heavy (non-hydrogen) atoms. The van der Waals surface area contributed by atoms with Crippen LogP contribution in [0.15, 0.2) is 12.7 Å². The maximum atomic E-state index is 13.1. The highest BCUT2D eigenvalue weighted by Gasteiger charge is 2.51. The first-order valence-corrected chi connectivity index (χ1v) is 12.3. The second kappa shape index (κ2) is 15.0. The highest BCUT2D eigenvalue weighted by Crippen LogP contribution is 2.26. The smallest absolute Gasteiger partial charge is 0.329 e. The zero-order valence-corrected chi connectivity index (χ0v) is 23.6. The monoisotopic (exact) mass is 571 g/mol. The molecule has 1 saturated heterocycles. The van der Waals surface area contributed by atoms with Crippen LogP contribution in [-0.4, -0.2) is 90.4 Å². The minimum atomic E-state index is -1.44. The van der Waals surface area contributed by atoms with E-state index >= 15 is 0 Å². The minimum Gasteiger partial charge on any atom is -0.463 e. The SMILES string of the molecule is C=CC(=O)N[C@@H](CC(=O)N[C@@H]1O[C@H](COC(C)=O)[C@@H](OC(C)=O)[C@H](OC(C)=O)[C@H]1NC(C)=O)C(=O)OC(C)(C)C.